The van der Waals surface area contributed by atoms with Crippen LogP contribution in [0.1, 0.15) is 13.3 Å². The number of rotatable bonds is 3. The van der Waals surface area contributed by atoms with Crippen LogP contribution in [0.15, 0.2) is 24.3 Å². The molecule has 1 heterocycles. The molecule has 0 radical (unpaired) electrons. The molecule has 1 saturated heterocycles. The summed E-state index contributed by atoms with van der Waals surface area (Å²) in [5, 5.41) is 6.78. The van der Waals surface area contributed by atoms with Crippen LogP contribution in [0.3, 0.4) is 0 Å². The zero-order chi connectivity index (χ0) is 13.0. The summed E-state index contributed by atoms with van der Waals surface area (Å²) in [6.07, 6.45) is 1.01. The number of benzene rings is 1. The van der Waals surface area contributed by atoms with Crippen molar-refractivity contribution in [3.05, 3.63) is 29.3 Å². The molecule has 5 heteroatoms. The average Bonchev–Trinajstić information content (AvgIpc) is 2.83. The second-order valence-corrected chi connectivity index (χ2v) is 4.81. The number of likely N-dealkylation sites (N-methyl/N-ethyl adjacent to an activating group) is 1. The molecule has 0 aromatic heterocycles. The van der Waals surface area contributed by atoms with Gasteiger partial charge in [-0.05, 0) is 38.1 Å². The first-order valence-corrected chi connectivity index (χ1v) is 6.62. The summed E-state index contributed by atoms with van der Waals surface area (Å²) in [7, 11) is 0. The summed E-state index contributed by atoms with van der Waals surface area (Å²) < 4.78 is 0. The highest BCUT2D eigenvalue weighted by Gasteiger charge is 2.25. The van der Waals surface area contributed by atoms with Gasteiger partial charge in [-0.3, -0.25) is 0 Å². The number of halogens is 1. The maximum Gasteiger partial charge on any atom is 0.322 e. The van der Waals surface area contributed by atoms with Gasteiger partial charge in [0.25, 0.3) is 0 Å². The Hall–Kier alpha value is -1.26. The zero-order valence-corrected chi connectivity index (χ0v) is 11.2. The number of hydrogen-bond donors (Lipinski definition) is 2. The van der Waals surface area contributed by atoms with E-state index in [2.05, 4.69) is 10.6 Å². The van der Waals surface area contributed by atoms with E-state index in [9.17, 15) is 4.79 Å². The molecule has 2 N–H and O–H groups in total. The molecule has 1 fully saturated rings. The number of amides is 2. The van der Waals surface area contributed by atoms with E-state index in [0.29, 0.717) is 11.6 Å². The topological polar surface area (TPSA) is 44.4 Å². The van der Waals surface area contributed by atoms with E-state index in [1.165, 1.54) is 0 Å². The lowest BCUT2D eigenvalue weighted by Gasteiger charge is -2.27. The van der Waals surface area contributed by atoms with Crippen molar-refractivity contribution in [1.29, 1.82) is 0 Å². The van der Waals surface area contributed by atoms with Gasteiger partial charge >= 0.3 is 6.03 Å². The summed E-state index contributed by atoms with van der Waals surface area (Å²) in [5.74, 6) is 0. The Morgan fingerprint density at radius 3 is 3.06 bits per heavy atom. The SMILES string of the molecule is CCN(C(=O)Nc1cccc(Cl)c1)C1CCNC1. The second-order valence-electron chi connectivity index (χ2n) is 4.37. The predicted molar refractivity (Wildman–Crippen MR) is 74.1 cm³/mol. The molecular formula is C13H18ClN3O. The third kappa shape index (κ3) is 3.15. The molecule has 0 bridgehead atoms. The summed E-state index contributed by atoms with van der Waals surface area (Å²) in [6, 6.07) is 7.42. The monoisotopic (exact) mass is 267 g/mol. The summed E-state index contributed by atoms with van der Waals surface area (Å²) in [6.45, 7) is 4.55. The molecule has 2 rings (SSSR count). The van der Waals surface area contributed by atoms with E-state index in [4.69, 9.17) is 11.6 Å². The molecule has 0 spiro atoms. The fraction of sp³-hybridized carbons (Fsp3) is 0.462. The Bertz CT molecular complexity index is 418. The van der Waals surface area contributed by atoms with Crippen molar-refractivity contribution in [2.24, 2.45) is 0 Å². The van der Waals surface area contributed by atoms with Crippen molar-refractivity contribution < 1.29 is 4.79 Å². The summed E-state index contributed by atoms with van der Waals surface area (Å²) >= 11 is 5.89. The Kier molecular flexibility index (Phi) is 4.44. The van der Waals surface area contributed by atoms with Crippen molar-refractivity contribution in [1.82, 2.24) is 10.2 Å². The van der Waals surface area contributed by atoms with E-state index in [1.807, 2.05) is 24.0 Å². The minimum atomic E-state index is -0.0616. The Balaban J connectivity index is 2.01. The Morgan fingerprint density at radius 2 is 2.44 bits per heavy atom. The van der Waals surface area contributed by atoms with Crippen molar-refractivity contribution in [3.8, 4) is 0 Å². The second kappa shape index (κ2) is 6.07. The third-order valence-electron chi connectivity index (χ3n) is 3.15. The first-order valence-electron chi connectivity index (χ1n) is 6.24. The van der Waals surface area contributed by atoms with Crippen molar-refractivity contribution in [3.63, 3.8) is 0 Å². The molecule has 1 atom stereocenters. The van der Waals surface area contributed by atoms with Crippen molar-refractivity contribution in [2.75, 3.05) is 25.0 Å². The van der Waals surface area contributed by atoms with Gasteiger partial charge in [0, 0.05) is 29.8 Å². The van der Waals surface area contributed by atoms with Crippen LogP contribution in [-0.2, 0) is 0 Å². The quantitative estimate of drug-likeness (QED) is 0.884. The number of carbonyl (C=O) groups excluding carboxylic acids is 1. The fourth-order valence-electron chi connectivity index (χ4n) is 2.23. The van der Waals surface area contributed by atoms with Crippen LogP contribution in [0.2, 0.25) is 5.02 Å². The van der Waals surface area contributed by atoms with Gasteiger partial charge in [-0.2, -0.15) is 0 Å². The summed E-state index contributed by atoms with van der Waals surface area (Å²) in [5.41, 5.74) is 0.733. The minimum Gasteiger partial charge on any atom is -0.321 e. The van der Waals surface area contributed by atoms with E-state index in [1.54, 1.807) is 12.1 Å². The van der Waals surface area contributed by atoms with Gasteiger partial charge in [0.1, 0.15) is 0 Å². The molecule has 1 unspecified atom stereocenters. The molecule has 18 heavy (non-hydrogen) atoms. The van der Waals surface area contributed by atoms with Crippen molar-refractivity contribution in [2.45, 2.75) is 19.4 Å². The Morgan fingerprint density at radius 1 is 1.61 bits per heavy atom. The van der Waals surface area contributed by atoms with Crippen LogP contribution in [-0.4, -0.2) is 36.6 Å². The van der Waals surface area contributed by atoms with Gasteiger partial charge in [-0.1, -0.05) is 17.7 Å². The van der Waals surface area contributed by atoms with Gasteiger partial charge in [-0.15, -0.1) is 0 Å². The number of nitrogens with zero attached hydrogens (tertiary/aromatic N) is 1. The largest absolute Gasteiger partial charge is 0.322 e. The molecule has 2 amide bonds. The van der Waals surface area contributed by atoms with Crippen LogP contribution in [0.5, 0.6) is 0 Å². The van der Waals surface area contributed by atoms with Crippen LogP contribution >= 0.6 is 11.6 Å². The van der Waals surface area contributed by atoms with Crippen LogP contribution in [0, 0.1) is 0 Å². The number of hydrogen-bond acceptors (Lipinski definition) is 2. The van der Waals surface area contributed by atoms with E-state index < -0.39 is 0 Å². The molecular weight excluding hydrogens is 250 g/mol. The fourth-order valence-corrected chi connectivity index (χ4v) is 2.42. The highest BCUT2D eigenvalue weighted by atomic mass is 35.5. The zero-order valence-electron chi connectivity index (χ0n) is 10.4. The van der Waals surface area contributed by atoms with E-state index >= 15 is 0 Å². The van der Waals surface area contributed by atoms with Gasteiger partial charge in [0.15, 0.2) is 0 Å². The smallest absolute Gasteiger partial charge is 0.321 e. The van der Waals surface area contributed by atoms with Crippen LogP contribution < -0.4 is 10.6 Å². The van der Waals surface area contributed by atoms with E-state index in [-0.39, 0.29) is 12.1 Å². The van der Waals surface area contributed by atoms with Crippen LogP contribution in [0.4, 0.5) is 10.5 Å². The van der Waals surface area contributed by atoms with Gasteiger partial charge < -0.3 is 15.5 Å². The molecule has 1 aromatic carbocycles. The molecule has 1 aromatic rings. The number of anilines is 1. The molecule has 0 saturated carbocycles. The average molecular weight is 268 g/mol. The lowest BCUT2D eigenvalue weighted by molar-refractivity contribution is 0.196. The molecule has 4 nitrogen and oxygen atoms in total. The van der Waals surface area contributed by atoms with E-state index in [0.717, 1.165) is 25.2 Å². The van der Waals surface area contributed by atoms with Gasteiger partial charge in [0.2, 0.25) is 0 Å². The minimum absolute atomic E-state index is 0.0616. The standard InChI is InChI=1S/C13H18ClN3O/c1-2-17(12-6-7-15-9-12)13(18)16-11-5-3-4-10(14)8-11/h3-5,8,12,15H,2,6-7,9H2,1H3,(H,16,18). The van der Waals surface area contributed by atoms with Gasteiger partial charge in [-0.25, -0.2) is 4.79 Å². The third-order valence-corrected chi connectivity index (χ3v) is 3.39. The molecule has 0 aliphatic carbocycles. The predicted octanol–water partition coefficient (Wildman–Crippen LogP) is 2.56. The number of urea groups is 1. The normalized spacial score (nSPS) is 18.7. The first-order chi connectivity index (χ1) is 8.70. The lowest BCUT2D eigenvalue weighted by Crippen LogP contribution is -2.43. The van der Waals surface area contributed by atoms with Crippen molar-refractivity contribution >= 4 is 23.3 Å². The molecule has 98 valence electrons. The number of nitrogens with one attached hydrogen (secondary N) is 2. The van der Waals surface area contributed by atoms with Crippen LogP contribution in [0.25, 0.3) is 0 Å². The maximum atomic E-state index is 12.2. The molecule has 1 aliphatic rings. The Labute approximate surface area is 112 Å². The number of carbonyl (C=O) groups is 1. The maximum absolute atomic E-state index is 12.2. The lowest BCUT2D eigenvalue weighted by atomic mass is 10.2. The highest BCUT2D eigenvalue weighted by molar-refractivity contribution is 6.30. The summed E-state index contributed by atoms with van der Waals surface area (Å²) in [4.78, 5) is 14.0. The molecule has 1 aliphatic heterocycles. The van der Waals surface area contributed by atoms with Gasteiger partial charge in [0.05, 0.1) is 0 Å². The first kappa shape index (κ1) is 13.2. The highest BCUT2D eigenvalue weighted by Crippen LogP contribution is 2.16.